The van der Waals surface area contributed by atoms with Crippen molar-refractivity contribution in [3.8, 4) is 10.4 Å². The zero-order valence-electron chi connectivity index (χ0n) is 16.6. The topological polar surface area (TPSA) is 73.8 Å². The van der Waals surface area contributed by atoms with Gasteiger partial charge in [-0.15, -0.1) is 11.3 Å². The Balaban J connectivity index is 1.46. The number of nitrogens with one attached hydrogen (secondary N) is 2. The summed E-state index contributed by atoms with van der Waals surface area (Å²) in [6, 6.07) is 12.7. The van der Waals surface area contributed by atoms with Crippen LogP contribution in [-0.2, 0) is 12.0 Å². The molecule has 1 unspecified atom stereocenters. The van der Waals surface area contributed by atoms with Gasteiger partial charge in [0.15, 0.2) is 0 Å². The van der Waals surface area contributed by atoms with Gasteiger partial charge in [0, 0.05) is 29.4 Å². The minimum Gasteiger partial charge on any atom is -0.385 e. The first-order valence-electron chi connectivity index (χ1n) is 10.1. The molecule has 5 nitrogen and oxygen atoms in total. The summed E-state index contributed by atoms with van der Waals surface area (Å²) in [6.07, 6.45) is 5.96. The average Bonchev–Trinajstić information content (AvgIpc) is 3.46. The molecule has 5 rings (SSSR count). The molecule has 0 amide bonds. The van der Waals surface area contributed by atoms with Gasteiger partial charge in [-0.05, 0) is 53.8 Å². The van der Waals surface area contributed by atoms with Gasteiger partial charge < -0.3 is 10.4 Å². The number of anilines is 1. The van der Waals surface area contributed by atoms with Gasteiger partial charge in [-0.25, -0.2) is 0 Å². The summed E-state index contributed by atoms with van der Waals surface area (Å²) in [7, 11) is 0. The third-order valence-corrected chi connectivity index (χ3v) is 7.33. The summed E-state index contributed by atoms with van der Waals surface area (Å²) in [5.74, 6) is 0. The van der Waals surface area contributed by atoms with Crippen molar-refractivity contribution in [3.05, 3.63) is 65.6 Å². The van der Waals surface area contributed by atoms with Gasteiger partial charge in [-0.3, -0.25) is 10.1 Å². The van der Waals surface area contributed by atoms with Gasteiger partial charge in [0.2, 0.25) is 0 Å². The van der Waals surface area contributed by atoms with Crippen LogP contribution in [0.1, 0.15) is 49.6 Å². The highest BCUT2D eigenvalue weighted by Crippen LogP contribution is 2.42. The fraction of sp³-hybridized carbons (Fsp3) is 0.304. The molecule has 1 aliphatic heterocycles. The lowest BCUT2D eigenvalue weighted by molar-refractivity contribution is 0.0284. The lowest BCUT2D eigenvalue weighted by Gasteiger charge is -2.26. The van der Waals surface area contributed by atoms with Crippen LogP contribution in [0.5, 0.6) is 0 Å². The molecule has 0 saturated carbocycles. The van der Waals surface area contributed by atoms with E-state index in [2.05, 4.69) is 44.8 Å². The molecule has 0 fully saturated rings. The van der Waals surface area contributed by atoms with Gasteiger partial charge in [0.25, 0.3) is 0 Å². The highest BCUT2D eigenvalue weighted by Gasteiger charge is 2.30. The molecular weight excluding hydrogens is 380 g/mol. The van der Waals surface area contributed by atoms with E-state index in [9.17, 15) is 5.11 Å². The normalized spacial score (nSPS) is 16.2. The SMILES string of the molecule is CCC(O)(CC)c1ccc2c(c1)NC(c1n[nH]c3cc(-c4ccncc4)sc13)C2. The fourth-order valence-corrected chi connectivity index (χ4v) is 5.35. The molecule has 0 aliphatic carbocycles. The van der Waals surface area contributed by atoms with Crippen LogP contribution in [0.4, 0.5) is 5.69 Å². The number of pyridine rings is 1. The zero-order chi connectivity index (χ0) is 20.0. The van der Waals surface area contributed by atoms with E-state index in [1.165, 1.54) is 20.7 Å². The number of fused-ring (bicyclic) bond motifs is 2. The van der Waals surface area contributed by atoms with E-state index in [1.54, 1.807) is 11.3 Å². The monoisotopic (exact) mass is 404 g/mol. The second kappa shape index (κ2) is 6.97. The third-order valence-electron chi connectivity index (χ3n) is 6.13. The number of aliphatic hydroxyl groups is 1. The lowest BCUT2D eigenvalue weighted by atomic mass is 9.88. The number of rotatable bonds is 5. The average molecular weight is 405 g/mol. The van der Waals surface area contributed by atoms with Crippen LogP contribution < -0.4 is 5.32 Å². The number of nitrogens with zero attached hydrogens (tertiary/aromatic N) is 2. The number of aromatic amines is 1. The maximum Gasteiger partial charge on any atom is 0.103 e. The van der Waals surface area contributed by atoms with E-state index < -0.39 is 5.60 Å². The van der Waals surface area contributed by atoms with Crippen molar-refractivity contribution in [2.45, 2.75) is 44.8 Å². The predicted molar refractivity (Wildman–Crippen MR) is 118 cm³/mol. The van der Waals surface area contributed by atoms with E-state index in [1.807, 2.05) is 38.4 Å². The minimum atomic E-state index is -0.762. The van der Waals surface area contributed by atoms with Gasteiger partial charge >= 0.3 is 0 Å². The summed E-state index contributed by atoms with van der Waals surface area (Å²) in [5.41, 5.74) is 5.90. The van der Waals surface area contributed by atoms with Crippen molar-refractivity contribution < 1.29 is 5.11 Å². The Morgan fingerprint density at radius 1 is 1.14 bits per heavy atom. The summed E-state index contributed by atoms with van der Waals surface area (Å²) in [5, 5.41) is 22.3. The smallest absolute Gasteiger partial charge is 0.103 e. The highest BCUT2D eigenvalue weighted by atomic mass is 32.1. The van der Waals surface area contributed by atoms with E-state index in [0.717, 1.165) is 28.9 Å². The van der Waals surface area contributed by atoms with Crippen molar-refractivity contribution in [1.82, 2.24) is 15.2 Å². The van der Waals surface area contributed by atoms with Crippen LogP contribution in [-0.4, -0.2) is 20.3 Å². The van der Waals surface area contributed by atoms with Crippen LogP contribution >= 0.6 is 11.3 Å². The standard InChI is InChI=1S/C23H24N4OS/c1-3-23(28,4-2)16-6-5-15-11-18(25-17(15)12-16)21-22-19(26-27-21)13-20(29-22)14-7-9-24-10-8-14/h5-10,12-13,18,25,28H,3-4,11H2,1-2H3,(H,26,27). The molecule has 148 valence electrons. The Kier molecular flexibility index (Phi) is 4.41. The van der Waals surface area contributed by atoms with E-state index >= 15 is 0 Å². The molecular formula is C23H24N4OS. The Bertz CT molecular complexity index is 1160. The molecule has 4 aromatic rings. The minimum absolute atomic E-state index is 0.134. The van der Waals surface area contributed by atoms with Crippen LogP contribution in [0.3, 0.4) is 0 Å². The van der Waals surface area contributed by atoms with Crippen molar-refractivity contribution in [3.63, 3.8) is 0 Å². The highest BCUT2D eigenvalue weighted by molar-refractivity contribution is 7.22. The molecule has 1 atom stereocenters. The maximum atomic E-state index is 10.9. The Hall–Kier alpha value is -2.70. The maximum absolute atomic E-state index is 10.9. The first-order valence-corrected chi connectivity index (χ1v) is 10.9. The van der Waals surface area contributed by atoms with Crippen molar-refractivity contribution in [2.24, 2.45) is 0 Å². The molecule has 6 heteroatoms. The molecule has 0 saturated heterocycles. The summed E-state index contributed by atoms with van der Waals surface area (Å²) in [6.45, 7) is 4.06. The number of H-pyrrole nitrogens is 1. The fourth-order valence-electron chi connectivity index (χ4n) is 4.19. The second-order valence-corrected chi connectivity index (χ2v) is 8.76. The van der Waals surface area contributed by atoms with Crippen molar-refractivity contribution in [2.75, 3.05) is 5.32 Å². The van der Waals surface area contributed by atoms with Crippen LogP contribution in [0.2, 0.25) is 0 Å². The zero-order valence-corrected chi connectivity index (χ0v) is 17.4. The summed E-state index contributed by atoms with van der Waals surface area (Å²) < 4.78 is 1.20. The quantitative estimate of drug-likeness (QED) is 0.416. The number of benzene rings is 1. The number of hydrogen-bond acceptors (Lipinski definition) is 5. The van der Waals surface area contributed by atoms with Crippen LogP contribution in [0, 0.1) is 0 Å². The van der Waals surface area contributed by atoms with E-state index in [4.69, 9.17) is 0 Å². The predicted octanol–water partition coefficient (Wildman–Crippen LogP) is 5.40. The second-order valence-electron chi connectivity index (χ2n) is 7.71. The Labute approximate surface area is 173 Å². The summed E-state index contributed by atoms with van der Waals surface area (Å²) in [4.78, 5) is 5.32. The van der Waals surface area contributed by atoms with Crippen LogP contribution in [0.15, 0.2) is 48.8 Å². The van der Waals surface area contributed by atoms with Gasteiger partial charge in [0.1, 0.15) is 5.69 Å². The van der Waals surface area contributed by atoms with Crippen molar-refractivity contribution >= 4 is 27.2 Å². The van der Waals surface area contributed by atoms with Crippen molar-refractivity contribution in [1.29, 1.82) is 0 Å². The molecule has 29 heavy (non-hydrogen) atoms. The molecule has 0 bridgehead atoms. The molecule has 3 aromatic heterocycles. The van der Waals surface area contributed by atoms with Crippen LogP contribution in [0.25, 0.3) is 20.7 Å². The van der Waals surface area contributed by atoms with E-state index in [0.29, 0.717) is 12.8 Å². The van der Waals surface area contributed by atoms with Gasteiger partial charge in [-0.1, -0.05) is 26.0 Å². The first-order chi connectivity index (χ1) is 14.1. The molecule has 1 aliphatic rings. The molecule has 0 radical (unpaired) electrons. The molecule has 3 N–H and O–H groups in total. The largest absolute Gasteiger partial charge is 0.385 e. The lowest BCUT2D eigenvalue weighted by Crippen LogP contribution is -2.23. The number of hydrogen-bond donors (Lipinski definition) is 3. The first kappa shape index (κ1) is 18.3. The van der Waals surface area contributed by atoms with Gasteiger partial charge in [-0.2, -0.15) is 5.10 Å². The Morgan fingerprint density at radius 2 is 1.93 bits per heavy atom. The number of thiophene rings is 1. The number of aromatic nitrogens is 3. The summed E-state index contributed by atoms with van der Waals surface area (Å²) >= 11 is 1.76. The third kappa shape index (κ3) is 3.03. The molecule has 4 heterocycles. The van der Waals surface area contributed by atoms with E-state index in [-0.39, 0.29) is 6.04 Å². The van der Waals surface area contributed by atoms with Gasteiger partial charge in [0.05, 0.1) is 21.9 Å². The Morgan fingerprint density at radius 3 is 2.69 bits per heavy atom. The molecule has 0 spiro atoms. The molecule has 1 aromatic carbocycles.